The summed E-state index contributed by atoms with van der Waals surface area (Å²) in [6.07, 6.45) is 1.69. The van der Waals surface area contributed by atoms with Crippen molar-refractivity contribution in [3.8, 4) is 5.69 Å². The molecular formula is C12H14FN3. The Bertz CT molecular complexity index is 517. The predicted molar refractivity (Wildman–Crippen MR) is 60.9 cm³/mol. The summed E-state index contributed by atoms with van der Waals surface area (Å²) in [5, 5.41) is 0. The van der Waals surface area contributed by atoms with E-state index in [0.717, 1.165) is 22.6 Å². The van der Waals surface area contributed by atoms with Crippen molar-refractivity contribution in [1.29, 1.82) is 0 Å². The van der Waals surface area contributed by atoms with Crippen molar-refractivity contribution in [3.63, 3.8) is 0 Å². The molecule has 1 heterocycles. The van der Waals surface area contributed by atoms with Gasteiger partial charge in [0.1, 0.15) is 5.82 Å². The van der Waals surface area contributed by atoms with Crippen molar-refractivity contribution in [1.82, 2.24) is 9.55 Å². The lowest BCUT2D eigenvalue weighted by Crippen LogP contribution is -2.01. The Labute approximate surface area is 93.7 Å². The van der Waals surface area contributed by atoms with E-state index < -0.39 is 0 Å². The van der Waals surface area contributed by atoms with Gasteiger partial charge in [0.25, 0.3) is 0 Å². The standard InChI is InChI=1S/C12H14FN3/c1-8-9(2)16(7-15-8)12-4-10(6-14)3-11(13)5-12/h3-5,7H,6,14H2,1-2H3. The molecule has 0 unspecified atom stereocenters. The zero-order valence-corrected chi connectivity index (χ0v) is 9.37. The fraction of sp³-hybridized carbons (Fsp3) is 0.250. The SMILES string of the molecule is Cc1ncn(-c2cc(F)cc(CN)c2)c1C. The molecule has 0 fully saturated rings. The van der Waals surface area contributed by atoms with Gasteiger partial charge in [-0.15, -0.1) is 0 Å². The number of aryl methyl sites for hydroxylation is 1. The third-order valence-corrected chi connectivity index (χ3v) is 2.71. The molecule has 2 N–H and O–H groups in total. The largest absolute Gasteiger partial charge is 0.326 e. The Morgan fingerprint density at radius 1 is 1.31 bits per heavy atom. The Hall–Kier alpha value is -1.68. The maximum Gasteiger partial charge on any atom is 0.125 e. The van der Waals surface area contributed by atoms with E-state index >= 15 is 0 Å². The number of hydrogen-bond donors (Lipinski definition) is 1. The Balaban J connectivity index is 2.55. The number of halogens is 1. The highest BCUT2D eigenvalue weighted by Gasteiger charge is 2.06. The molecule has 0 radical (unpaired) electrons. The van der Waals surface area contributed by atoms with E-state index in [1.165, 1.54) is 12.1 Å². The lowest BCUT2D eigenvalue weighted by atomic mass is 10.2. The second-order valence-electron chi connectivity index (χ2n) is 3.81. The first kappa shape index (κ1) is 10.8. The van der Waals surface area contributed by atoms with Gasteiger partial charge >= 0.3 is 0 Å². The van der Waals surface area contributed by atoms with Crippen molar-refractivity contribution in [2.45, 2.75) is 20.4 Å². The van der Waals surface area contributed by atoms with Crippen LogP contribution >= 0.6 is 0 Å². The summed E-state index contributed by atoms with van der Waals surface area (Å²) in [5.74, 6) is -0.274. The number of nitrogens with zero attached hydrogens (tertiary/aromatic N) is 2. The van der Waals surface area contributed by atoms with Crippen LogP contribution in [0.15, 0.2) is 24.5 Å². The van der Waals surface area contributed by atoms with Gasteiger partial charge in [0.05, 0.1) is 12.0 Å². The highest BCUT2D eigenvalue weighted by molar-refractivity contribution is 5.39. The van der Waals surface area contributed by atoms with Crippen LogP contribution in [0.5, 0.6) is 0 Å². The van der Waals surface area contributed by atoms with Gasteiger partial charge in [-0.1, -0.05) is 0 Å². The van der Waals surface area contributed by atoms with Gasteiger partial charge in [0.2, 0.25) is 0 Å². The molecule has 16 heavy (non-hydrogen) atoms. The van der Waals surface area contributed by atoms with Crippen LogP contribution in [0.4, 0.5) is 4.39 Å². The Morgan fingerprint density at radius 3 is 2.62 bits per heavy atom. The van der Waals surface area contributed by atoms with Crippen molar-refractivity contribution in [2.24, 2.45) is 5.73 Å². The molecule has 0 aliphatic heterocycles. The molecule has 4 heteroatoms. The fourth-order valence-electron chi connectivity index (χ4n) is 1.65. The van der Waals surface area contributed by atoms with Gasteiger partial charge in [-0.2, -0.15) is 0 Å². The zero-order chi connectivity index (χ0) is 11.7. The predicted octanol–water partition coefficient (Wildman–Crippen LogP) is 2.09. The monoisotopic (exact) mass is 219 g/mol. The van der Waals surface area contributed by atoms with Crippen LogP contribution in [0.1, 0.15) is 17.0 Å². The maximum absolute atomic E-state index is 13.3. The minimum Gasteiger partial charge on any atom is -0.326 e. The lowest BCUT2D eigenvalue weighted by molar-refractivity contribution is 0.624. The fourth-order valence-corrected chi connectivity index (χ4v) is 1.65. The summed E-state index contributed by atoms with van der Waals surface area (Å²) in [4.78, 5) is 4.19. The van der Waals surface area contributed by atoms with Crippen molar-refractivity contribution < 1.29 is 4.39 Å². The highest BCUT2D eigenvalue weighted by atomic mass is 19.1. The topological polar surface area (TPSA) is 43.8 Å². The second-order valence-corrected chi connectivity index (χ2v) is 3.81. The van der Waals surface area contributed by atoms with Gasteiger partial charge in [0, 0.05) is 17.9 Å². The Morgan fingerprint density at radius 2 is 2.06 bits per heavy atom. The van der Waals surface area contributed by atoms with E-state index in [0.29, 0.717) is 6.54 Å². The first-order valence-electron chi connectivity index (χ1n) is 5.12. The van der Waals surface area contributed by atoms with Crippen LogP contribution < -0.4 is 5.73 Å². The summed E-state index contributed by atoms with van der Waals surface area (Å²) in [6, 6.07) is 4.80. The van der Waals surface area contributed by atoms with Crippen LogP contribution in [0.3, 0.4) is 0 Å². The van der Waals surface area contributed by atoms with Crippen molar-refractivity contribution in [2.75, 3.05) is 0 Å². The second kappa shape index (κ2) is 4.06. The minimum atomic E-state index is -0.274. The van der Waals surface area contributed by atoms with Crippen molar-refractivity contribution in [3.05, 3.63) is 47.3 Å². The van der Waals surface area contributed by atoms with Crippen LogP contribution in [0, 0.1) is 19.7 Å². The van der Waals surface area contributed by atoms with Gasteiger partial charge in [0.15, 0.2) is 0 Å². The number of nitrogens with two attached hydrogens (primary N) is 1. The van der Waals surface area contributed by atoms with Crippen LogP contribution in [-0.4, -0.2) is 9.55 Å². The third kappa shape index (κ3) is 1.84. The minimum absolute atomic E-state index is 0.274. The van der Waals surface area contributed by atoms with Crippen LogP contribution in [-0.2, 0) is 6.54 Å². The van der Waals surface area contributed by atoms with E-state index in [-0.39, 0.29) is 5.82 Å². The molecule has 1 aromatic heterocycles. The van der Waals surface area contributed by atoms with E-state index in [2.05, 4.69) is 4.98 Å². The summed E-state index contributed by atoms with van der Waals surface area (Å²) in [7, 11) is 0. The van der Waals surface area contributed by atoms with Gasteiger partial charge < -0.3 is 10.3 Å². The maximum atomic E-state index is 13.3. The molecule has 0 aliphatic carbocycles. The van der Waals surface area contributed by atoms with Gasteiger partial charge in [-0.3, -0.25) is 0 Å². The molecule has 0 saturated carbocycles. The molecule has 0 atom stereocenters. The van der Waals surface area contributed by atoms with E-state index in [4.69, 9.17) is 5.73 Å². The lowest BCUT2D eigenvalue weighted by Gasteiger charge is -2.07. The Kier molecular flexibility index (Phi) is 2.75. The zero-order valence-electron chi connectivity index (χ0n) is 9.37. The number of benzene rings is 1. The quantitative estimate of drug-likeness (QED) is 0.840. The average Bonchev–Trinajstić information content (AvgIpc) is 2.59. The number of imidazole rings is 1. The smallest absolute Gasteiger partial charge is 0.125 e. The van der Waals surface area contributed by atoms with Crippen molar-refractivity contribution >= 4 is 0 Å². The molecule has 0 amide bonds. The molecule has 0 aliphatic rings. The molecule has 0 spiro atoms. The molecule has 0 bridgehead atoms. The highest BCUT2D eigenvalue weighted by Crippen LogP contribution is 2.16. The summed E-state index contributed by atoms with van der Waals surface area (Å²) in [6.45, 7) is 4.21. The van der Waals surface area contributed by atoms with Crippen LogP contribution in [0.2, 0.25) is 0 Å². The number of rotatable bonds is 2. The first-order chi connectivity index (χ1) is 7.61. The molecule has 1 aromatic carbocycles. The molecule has 2 rings (SSSR count). The summed E-state index contributed by atoms with van der Waals surface area (Å²) in [5.41, 5.74) is 9.01. The summed E-state index contributed by atoms with van der Waals surface area (Å²) >= 11 is 0. The van der Waals surface area contributed by atoms with Gasteiger partial charge in [-0.25, -0.2) is 9.37 Å². The average molecular weight is 219 g/mol. The van der Waals surface area contributed by atoms with E-state index in [1.807, 2.05) is 24.5 Å². The normalized spacial score (nSPS) is 10.8. The van der Waals surface area contributed by atoms with E-state index in [1.54, 1.807) is 6.33 Å². The number of aromatic nitrogens is 2. The first-order valence-corrected chi connectivity index (χ1v) is 5.12. The number of hydrogen-bond acceptors (Lipinski definition) is 2. The van der Waals surface area contributed by atoms with Gasteiger partial charge in [-0.05, 0) is 37.6 Å². The summed E-state index contributed by atoms with van der Waals surface area (Å²) < 4.78 is 15.2. The van der Waals surface area contributed by atoms with E-state index in [9.17, 15) is 4.39 Å². The van der Waals surface area contributed by atoms with Crippen LogP contribution in [0.25, 0.3) is 5.69 Å². The molecule has 2 aromatic rings. The molecule has 3 nitrogen and oxygen atoms in total. The molecule has 0 saturated heterocycles. The molecule has 84 valence electrons. The molecular weight excluding hydrogens is 205 g/mol. The third-order valence-electron chi connectivity index (χ3n) is 2.71.